The minimum Gasteiger partial charge on any atom is -0.469 e. The minimum absolute atomic E-state index is 0.0204. The number of nitroso groups, excluding NO2 is 1. The quantitative estimate of drug-likeness (QED) is 0.433. The SMILES string of the molecule is CCOC(=O)C[C@@H](Cc1ccc(-c2cccc(N=O)c2)cc1)NC(=O)CCC(=O)OC. The predicted molar refractivity (Wildman–Crippen MR) is 115 cm³/mol. The van der Waals surface area contributed by atoms with E-state index < -0.39 is 18.0 Å². The Morgan fingerprint density at radius 1 is 1.00 bits per heavy atom. The molecule has 0 saturated heterocycles. The van der Waals surface area contributed by atoms with Crippen LogP contribution in [-0.2, 0) is 30.3 Å². The molecule has 0 aromatic heterocycles. The highest BCUT2D eigenvalue weighted by atomic mass is 16.5. The Bertz CT molecular complexity index is 911. The van der Waals surface area contributed by atoms with Crippen molar-refractivity contribution in [1.82, 2.24) is 5.32 Å². The number of nitrogens with zero attached hydrogens (tertiary/aromatic N) is 1. The van der Waals surface area contributed by atoms with Gasteiger partial charge in [-0.05, 0) is 47.3 Å². The molecule has 0 aliphatic rings. The van der Waals surface area contributed by atoms with Gasteiger partial charge in [0.2, 0.25) is 5.91 Å². The largest absolute Gasteiger partial charge is 0.469 e. The van der Waals surface area contributed by atoms with Gasteiger partial charge in [-0.1, -0.05) is 36.4 Å². The molecule has 0 spiro atoms. The smallest absolute Gasteiger partial charge is 0.307 e. The molecule has 1 N–H and O–H groups in total. The van der Waals surface area contributed by atoms with Gasteiger partial charge in [-0.15, -0.1) is 4.91 Å². The molecule has 0 aliphatic heterocycles. The maximum absolute atomic E-state index is 12.2. The summed E-state index contributed by atoms with van der Waals surface area (Å²) >= 11 is 0. The van der Waals surface area contributed by atoms with Gasteiger partial charge in [0.05, 0.1) is 26.6 Å². The van der Waals surface area contributed by atoms with E-state index in [0.717, 1.165) is 16.7 Å². The summed E-state index contributed by atoms with van der Waals surface area (Å²) < 4.78 is 9.55. The van der Waals surface area contributed by atoms with Crippen LogP contribution in [0.5, 0.6) is 0 Å². The zero-order valence-corrected chi connectivity index (χ0v) is 17.6. The number of methoxy groups -OCH3 is 1. The standard InChI is InChI=1S/C23H26N2O6/c1-3-31-23(28)15-20(24-21(26)11-12-22(27)30-2)13-16-7-9-17(10-8-16)18-5-4-6-19(14-18)25-29/h4-10,14,20H,3,11-13,15H2,1-2H3,(H,24,26)/t20-/m1/s1. The molecule has 0 fully saturated rings. The highest BCUT2D eigenvalue weighted by Crippen LogP contribution is 2.24. The third-order valence-corrected chi connectivity index (χ3v) is 4.59. The molecule has 2 aromatic carbocycles. The first-order valence-corrected chi connectivity index (χ1v) is 9.99. The molecule has 0 radical (unpaired) electrons. The van der Waals surface area contributed by atoms with Crippen molar-refractivity contribution in [2.45, 2.75) is 38.6 Å². The van der Waals surface area contributed by atoms with E-state index in [0.29, 0.717) is 12.1 Å². The van der Waals surface area contributed by atoms with Crippen LogP contribution in [0.1, 0.15) is 31.7 Å². The van der Waals surface area contributed by atoms with Gasteiger partial charge >= 0.3 is 11.9 Å². The molecule has 1 amide bonds. The number of nitrogens with one attached hydrogen (secondary N) is 1. The van der Waals surface area contributed by atoms with Gasteiger partial charge in [-0.25, -0.2) is 0 Å². The number of rotatable bonds is 11. The summed E-state index contributed by atoms with van der Waals surface area (Å²) in [7, 11) is 1.26. The van der Waals surface area contributed by atoms with E-state index in [1.165, 1.54) is 7.11 Å². The van der Waals surface area contributed by atoms with E-state index in [-0.39, 0.29) is 31.8 Å². The number of amides is 1. The summed E-state index contributed by atoms with van der Waals surface area (Å²) in [6.07, 6.45) is 0.384. The summed E-state index contributed by atoms with van der Waals surface area (Å²) in [4.78, 5) is 46.1. The Balaban J connectivity index is 2.07. The number of hydrogen-bond acceptors (Lipinski definition) is 7. The van der Waals surface area contributed by atoms with E-state index >= 15 is 0 Å². The van der Waals surface area contributed by atoms with Crippen molar-refractivity contribution in [3.63, 3.8) is 0 Å². The van der Waals surface area contributed by atoms with Crippen LogP contribution in [0.4, 0.5) is 5.69 Å². The molecule has 0 heterocycles. The molecule has 31 heavy (non-hydrogen) atoms. The van der Waals surface area contributed by atoms with Crippen LogP contribution in [0.25, 0.3) is 11.1 Å². The van der Waals surface area contributed by atoms with Crippen LogP contribution < -0.4 is 5.32 Å². The fourth-order valence-corrected chi connectivity index (χ4v) is 3.07. The van der Waals surface area contributed by atoms with Gasteiger partial charge < -0.3 is 14.8 Å². The van der Waals surface area contributed by atoms with Crippen LogP contribution in [0, 0.1) is 4.91 Å². The summed E-state index contributed by atoms with van der Waals surface area (Å²) in [6.45, 7) is 1.97. The van der Waals surface area contributed by atoms with Crippen LogP contribution in [0.15, 0.2) is 53.7 Å². The third-order valence-electron chi connectivity index (χ3n) is 4.59. The fourth-order valence-electron chi connectivity index (χ4n) is 3.07. The first-order valence-electron chi connectivity index (χ1n) is 9.99. The average Bonchev–Trinajstić information content (AvgIpc) is 2.78. The molecule has 1 atom stereocenters. The van der Waals surface area contributed by atoms with Crippen molar-refractivity contribution in [2.75, 3.05) is 13.7 Å². The summed E-state index contributed by atoms with van der Waals surface area (Å²) in [5.41, 5.74) is 3.04. The normalized spacial score (nSPS) is 11.3. The van der Waals surface area contributed by atoms with Gasteiger partial charge in [0.1, 0.15) is 5.69 Å². The lowest BCUT2D eigenvalue weighted by Gasteiger charge is -2.18. The summed E-state index contributed by atoms with van der Waals surface area (Å²) in [5.74, 6) is -1.22. The third kappa shape index (κ3) is 8.00. The van der Waals surface area contributed by atoms with E-state index in [2.05, 4.69) is 15.2 Å². The Morgan fingerprint density at radius 3 is 2.39 bits per heavy atom. The number of carbonyl (C=O) groups excluding carboxylic acids is 3. The zero-order valence-electron chi connectivity index (χ0n) is 17.6. The molecular formula is C23H26N2O6. The molecular weight excluding hydrogens is 400 g/mol. The number of hydrogen-bond donors (Lipinski definition) is 1. The average molecular weight is 426 g/mol. The van der Waals surface area contributed by atoms with Gasteiger partial charge in [0.25, 0.3) is 0 Å². The Hall–Kier alpha value is -3.55. The fraction of sp³-hybridized carbons (Fsp3) is 0.348. The second-order valence-corrected chi connectivity index (χ2v) is 6.89. The van der Waals surface area contributed by atoms with E-state index in [9.17, 15) is 19.3 Å². The number of carbonyl (C=O) groups is 3. The van der Waals surface area contributed by atoms with Crippen LogP contribution in [0.2, 0.25) is 0 Å². The molecule has 2 aromatic rings. The van der Waals surface area contributed by atoms with Crippen molar-refractivity contribution in [1.29, 1.82) is 0 Å². The second kappa shape index (κ2) is 12.2. The molecule has 2 rings (SSSR count). The lowest BCUT2D eigenvalue weighted by molar-refractivity contribution is -0.144. The van der Waals surface area contributed by atoms with Crippen molar-refractivity contribution >= 4 is 23.5 Å². The highest BCUT2D eigenvalue weighted by molar-refractivity contribution is 5.82. The van der Waals surface area contributed by atoms with E-state index in [1.807, 2.05) is 30.3 Å². The highest BCUT2D eigenvalue weighted by Gasteiger charge is 2.19. The Kier molecular flexibility index (Phi) is 9.35. The predicted octanol–water partition coefficient (Wildman–Crippen LogP) is 3.69. The van der Waals surface area contributed by atoms with Gasteiger partial charge in [0, 0.05) is 12.5 Å². The molecule has 0 bridgehead atoms. The second-order valence-electron chi connectivity index (χ2n) is 6.89. The molecule has 0 unspecified atom stereocenters. The lowest BCUT2D eigenvalue weighted by atomic mass is 9.99. The molecule has 0 saturated carbocycles. The van der Waals surface area contributed by atoms with Crippen molar-refractivity contribution in [2.24, 2.45) is 5.18 Å². The maximum atomic E-state index is 12.2. The Labute approximate surface area is 180 Å². The van der Waals surface area contributed by atoms with Crippen LogP contribution >= 0.6 is 0 Å². The van der Waals surface area contributed by atoms with Crippen LogP contribution in [-0.4, -0.2) is 37.6 Å². The summed E-state index contributed by atoms with van der Waals surface area (Å²) in [5, 5.41) is 5.75. The topological polar surface area (TPSA) is 111 Å². The first-order chi connectivity index (χ1) is 14.9. The molecule has 0 aliphatic carbocycles. The van der Waals surface area contributed by atoms with Crippen molar-refractivity contribution in [3.8, 4) is 11.1 Å². The van der Waals surface area contributed by atoms with Crippen LogP contribution in [0.3, 0.4) is 0 Å². The number of ether oxygens (including phenoxy) is 2. The molecule has 164 valence electrons. The first kappa shape index (κ1) is 23.7. The maximum Gasteiger partial charge on any atom is 0.307 e. The van der Waals surface area contributed by atoms with Crippen molar-refractivity contribution < 1.29 is 23.9 Å². The van der Waals surface area contributed by atoms with E-state index in [4.69, 9.17) is 4.74 Å². The minimum atomic E-state index is -0.474. The van der Waals surface area contributed by atoms with E-state index in [1.54, 1.807) is 25.1 Å². The van der Waals surface area contributed by atoms with Crippen molar-refractivity contribution in [3.05, 3.63) is 59.0 Å². The number of benzene rings is 2. The molecule has 8 nitrogen and oxygen atoms in total. The monoisotopic (exact) mass is 426 g/mol. The van der Waals surface area contributed by atoms with Gasteiger partial charge in [-0.2, -0.15) is 0 Å². The molecule has 8 heteroatoms. The Morgan fingerprint density at radius 2 is 1.74 bits per heavy atom. The zero-order chi connectivity index (χ0) is 22.6. The number of esters is 2. The lowest BCUT2D eigenvalue weighted by Crippen LogP contribution is -2.38. The van der Waals surface area contributed by atoms with Gasteiger partial charge in [-0.3, -0.25) is 14.4 Å². The van der Waals surface area contributed by atoms with Gasteiger partial charge in [0.15, 0.2) is 0 Å². The summed E-state index contributed by atoms with van der Waals surface area (Å²) in [6, 6.07) is 14.1.